The zero-order valence-electron chi connectivity index (χ0n) is 17.6. The monoisotopic (exact) mass is 494 g/mol. The number of rotatable bonds is 6. The fourth-order valence-electron chi connectivity index (χ4n) is 4.34. The van der Waals surface area contributed by atoms with Crippen molar-refractivity contribution in [3.8, 4) is 6.01 Å². The molecule has 0 spiro atoms. The Balaban J connectivity index is 1.39. The van der Waals surface area contributed by atoms with Crippen LogP contribution in [0.1, 0.15) is 19.3 Å². The van der Waals surface area contributed by atoms with Crippen LogP contribution in [0.15, 0.2) is 16.6 Å². The lowest BCUT2D eigenvalue weighted by Crippen LogP contribution is -2.41. The topological polar surface area (TPSA) is 60.0 Å². The van der Waals surface area contributed by atoms with E-state index in [1.54, 1.807) is 6.07 Å². The number of anilines is 1. The second-order valence-corrected chi connectivity index (χ2v) is 9.57. The van der Waals surface area contributed by atoms with Crippen molar-refractivity contribution in [3.63, 3.8) is 0 Å². The van der Waals surface area contributed by atoms with Crippen molar-refractivity contribution >= 4 is 32.7 Å². The molecule has 1 saturated carbocycles. The third-order valence-corrected chi connectivity index (χ3v) is 6.98. The van der Waals surface area contributed by atoms with Gasteiger partial charge in [0.2, 0.25) is 0 Å². The summed E-state index contributed by atoms with van der Waals surface area (Å²) in [4.78, 5) is 13.8. The summed E-state index contributed by atoms with van der Waals surface area (Å²) in [5, 5.41) is 0.699. The van der Waals surface area contributed by atoms with Crippen LogP contribution in [0.2, 0.25) is 0 Å². The molecule has 2 aliphatic heterocycles. The lowest BCUT2D eigenvalue weighted by molar-refractivity contribution is 0.0231. The molecule has 0 unspecified atom stereocenters. The average Bonchev–Trinajstić information content (AvgIpc) is 3.59. The summed E-state index contributed by atoms with van der Waals surface area (Å²) >= 11 is 3.28. The molecule has 1 aromatic carbocycles. The highest BCUT2D eigenvalue weighted by Crippen LogP contribution is 2.46. The summed E-state index contributed by atoms with van der Waals surface area (Å²) in [7, 11) is 0. The van der Waals surface area contributed by atoms with Gasteiger partial charge in [0, 0.05) is 50.1 Å². The van der Waals surface area contributed by atoms with E-state index in [-0.39, 0.29) is 22.8 Å². The van der Waals surface area contributed by atoms with Gasteiger partial charge in [-0.3, -0.25) is 4.90 Å². The van der Waals surface area contributed by atoms with Gasteiger partial charge in [-0.1, -0.05) is 0 Å². The van der Waals surface area contributed by atoms with Crippen LogP contribution in [0.25, 0.3) is 10.9 Å². The molecule has 2 saturated heterocycles. The maximum absolute atomic E-state index is 14.9. The number of ether oxygens (including phenoxy) is 3. The molecule has 2 aromatic rings. The molecule has 3 heterocycles. The normalized spacial score (nSPS) is 21.8. The van der Waals surface area contributed by atoms with E-state index in [0.29, 0.717) is 29.6 Å². The summed E-state index contributed by atoms with van der Waals surface area (Å²) in [5.74, 6) is 0.335. The minimum atomic E-state index is -0.383. The quantitative estimate of drug-likeness (QED) is 0.610. The average molecular weight is 495 g/mol. The summed E-state index contributed by atoms with van der Waals surface area (Å²) in [5.41, 5.74) is 0.430. The molecule has 5 rings (SSSR count). The predicted octanol–water partition coefficient (Wildman–Crippen LogP) is 3.25. The first-order chi connectivity index (χ1) is 15.1. The Kier molecular flexibility index (Phi) is 6.28. The highest BCUT2D eigenvalue weighted by molar-refractivity contribution is 9.10. The Labute approximate surface area is 190 Å². The van der Waals surface area contributed by atoms with E-state index in [4.69, 9.17) is 19.2 Å². The van der Waals surface area contributed by atoms with Crippen LogP contribution in [-0.4, -0.2) is 80.6 Å². The summed E-state index contributed by atoms with van der Waals surface area (Å²) in [6.07, 6.45) is 3.17. The van der Waals surface area contributed by atoms with Crippen LogP contribution >= 0.6 is 15.9 Å². The molecular formula is C22H28BrFN4O3. The van der Waals surface area contributed by atoms with Gasteiger partial charge in [-0.05, 0) is 47.3 Å². The largest absolute Gasteiger partial charge is 0.463 e. The standard InChI is InChI=1S/C22H28BrFN4O3/c23-17-3-2-16-19(18(17)24)25-21(26-20(16)28-6-1-10-29-13-9-28)31-15-22(4-5-22)14-27-7-11-30-12-8-27/h2-3H,1,4-15H2. The van der Waals surface area contributed by atoms with E-state index < -0.39 is 0 Å². The van der Waals surface area contributed by atoms with Crippen molar-refractivity contribution in [1.82, 2.24) is 14.9 Å². The Morgan fingerprint density at radius 3 is 2.61 bits per heavy atom. The number of benzene rings is 1. The van der Waals surface area contributed by atoms with Gasteiger partial charge < -0.3 is 19.1 Å². The van der Waals surface area contributed by atoms with Gasteiger partial charge in [-0.15, -0.1) is 0 Å². The lowest BCUT2D eigenvalue weighted by Gasteiger charge is -2.30. The number of aromatic nitrogens is 2. The van der Waals surface area contributed by atoms with Crippen molar-refractivity contribution in [1.29, 1.82) is 0 Å². The highest BCUT2D eigenvalue weighted by Gasteiger charge is 2.45. The molecule has 0 N–H and O–H groups in total. The predicted molar refractivity (Wildman–Crippen MR) is 119 cm³/mol. The van der Waals surface area contributed by atoms with Crippen molar-refractivity contribution < 1.29 is 18.6 Å². The fraction of sp³-hybridized carbons (Fsp3) is 0.636. The molecule has 0 bridgehead atoms. The number of halogens is 2. The second-order valence-electron chi connectivity index (χ2n) is 8.72. The van der Waals surface area contributed by atoms with Gasteiger partial charge in [-0.25, -0.2) is 4.39 Å². The van der Waals surface area contributed by atoms with E-state index >= 15 is 0 Å². The third kappa shape index (κ3) is 4.79. The Morgan fingerprint density at radius 2 is 1.81 bits per heavy atom. The zero-order valence-corrected chi connectivity index (χ0v) is 19.2. The van der Waals surface area contributed by atoms with Crippen molar-refractivity contribution in [3.05, 3.63) is 22.4 Å². The number of hydrogen-bond acceptors (Lipinski definition) is 7. The van der Waals surface area contributed by atoms with Crippen LogP contribution < -0.4 is 9.64 Å². The number of nitrogens with zero attached hydrogens (tertiary/aromatic N) is 4. The minimum Gasteiger partial charge on any atom is -0.463 e. The van der Waals surface area contributed by atoms with Crippen LogP contribution in [0, 0.1) is 11.2 Å². The first-order valence-corrected chi connectivity index (χ1v) is 11.8. The molecule has 1 aromatic heterocycles. The third-order valence-electron chi connectivity index (χ3n) is 6.37. The molecule has 168 valence electrons. The molecular weight excluding hydrogens is 467 g/mol. The van der Waals surface area contributed by atoms with Crippen molar-refractivity contribution in [2.24, 2.45) is 5.41 Å². The molecule has 3 fully saturated rings. The summed E-state index contributed by atoms with van der Waals surface area (Å²) in [6, 6.07) is 3.83. The second kappa shape index (κ2) is 9.13. The van der Waals surface area contributed by atoms with Gasteiger partial charge in [-0.2, -0.15) is 9.97 Å². The maximum atomic E-state index is 14.9. The van der Waals surface area contributed by atoms with Gasteiger partial charge >= 0.3 is 6.01 Å². The smallest absolute Gasteiger partial charge is 0.319 e. The van der Waals surface area contributed by atoms with E-state index in [2.05, 4.69) is 30.7 Å². The fourth-order valence-corrected chi connectivity index (χ4v) is 4.66. The van der Waals surface area contributed by atoms with E-state index in [9.17, 15) is 4.39 Å². The van der Waals surface area contributed by atoms with Crippen molar-refractivity contribution in [2.75, 3.05) is 70.7 Å². The van der Waals surface area contributed by atoms with Gasteiger partial charge in [0.25, 0.3) is 0 Å². The van der Waals surface area contributed by atoms with Gasteiger partial charge in [0.15, 0.2) is 5.82 Å². The SMILES string of the molecule is Fc1c(Br)ccc2c(N3CCCOCC3)nc(OCC3(CN4CCOCC4)CC3)nc12. The molecule has 0 radical (unpaired) electrons. The molecule has 9 heteroatoms. The summed E-state index contributed by atoms with van der Waals surface area (Å²) in [6.45, 7) is 7.95. The highest BCUT2D eigenvalue weighted by atomic mass is 79.9. The van der Waals surface area contributed by atoms with Gasteiger partial charge in [0.05, 0.1) is 30.9 Å². The van der Waals surface area contributed by atoms with Crippen molar-refractivity contribution in [2.45, 2.75) is 19.3 Å². The van der Waals surface area contributed by atoms with E-state index in [0.717, 1.165) is 71.1 Å². The molecule has 0 amide bonds. The lowest BCUT2D eigenvalue weighted by atomic mass is 10.1. The minimum absolute atomic E-state index is 0.141. The number of morpholine rings is 1. The molecule has 3 aliphatic rings. The van der Waals surface area contributed by atoms with Crippen LogP contribution in [0.5, 0.6) is 6.01 Å². The van der Waals surface area contributed by atoms with Gasteiger partial charge in [0.1, 0.15) is 11.3 Å². The van der Waals surface area contributed by atoms with Crippen LogP contribution in [-0.2, 0) is 9.47 Å². The number of hydrogen-bond donors (Lipinski definition) is 0. The Bertz CT molecular complexity index is 929. The van der Waals surface area contributed by atoms with E-state index in [1.807, 2.05) is 6.07 Å². The van der Waals surface area contributed by atoms with Crippen LogP contribution in [0.3, 0.4) is 0 Å². The zero-order chi connectivity index (χ0) is 21.3. The summed E-state index contributed by atoms with van der Waals surface area (Å²) < 4.78 is 32.5. The molecule has 0 atom stereocenters. The Morgan fingerprint density at radius 1 is 1.03 bits per heavy atom. The first kappa shape index (κ1) is 21.3. The van der Waals surface area contributed by atoms with E-state index in [1.165, 1.54) is 0 Å². The maximum Gasteiger partial charge on any atom is 0.319 e. The molecule has 7 nitrogen and oxygen atoms in total. The Hall–Kier alpha value is -1.55. The molecule has 1 aliphatic carbocycles. The molecule has 31 heavy (non-hydrogen) atoms. The van der Waals surface area contributed by atoms with Crippen LogP contribution in [0.4, 0.5) is 10.2 Å². The number of fused-ring (bicyclic) bond motifs is 1. The first-order valence-electron chi connectivity index (χ1n) is 11.0.